The Morgan fingerprint density at radius 2 is 1.65 bits per heavy atom. The minimum absolute atomic E-state index is 0.0485. The van der Waals surface area contributed by atoms with E-state index < -0.39 is 6.04 Å². The fraction of sp³-hybridized carbons (Fsp3) is 0.0556. The lowest BCUT2D eigenvalue weighted by Crippen LogP contribution is -2.16. The van der Waals surface area contributed by atoms with Gasteiger partial charge in [-0.3, -0.25) is 4.79 Å². The molecule has 128 valence electrons. The lowest BCUT2D eigenvalue weighted by molar-refractivity contribution is 0.0954. The van der Waals surface area contributed by atoms with Crippen molar-refractivity contribution in [1.82, 2.24) is 9.97 Å². The topological polar surface area (TPSA) is 93.6 Å². The monoisotopic (exact) mass is 383 g/mol. The van der Waals surface area contributed by atoms with Crippen LogP contribution >= 0.6 is 23.2 Å². The molecule has 1 atom stereocenters. The number of ketones is 1. The average Bonchev–Trinajstić information content (AvgIpc) is 2.62. The second-order valence-electron chi connectivity index (χ2n) is 5.69. The van der Waals surface area contributed by atoms with E-state index in [2.05, 4.69) is 20.2 Å². The summed E-state index contributed by atoms with van der Waals surface area (Å²) in [6.07, 6.45) is 0. The van der Waals surface area contributed by atoms with Crippen LogP contribution in [0, 0.1) is 0 Å². The highest BCUT2D eigenvalue weighted by Gasteiger charge is 2.30. The van der Waals surface area contributed by atoms with Crippen LogP contribution in [-0.2, 0) is 0 Å². The molecule has 1 aromatic heterocycles. The van der Waals surface area contributed by atoms with E-state index in [9.17, 15) is 4.79 Å². The molecule has 0 amide bonds. The minimum atomic E-state index is -0.891. The number of hydrogen-bond donors (Lipinski definition) is 1. The molecular weight excluding hydrogens is 373 g/mol. The number of carbonyl (C=O) groups excluding carboxylic acids is 1. The number of nitrogen functional groups attached to an aromatic ring is 1. The fourth-order valence-corrected chi connectivity index (χ4v) is 3.00. The van der Waals surface area contributed by atoms with Gasteiger partial charge in [0.05, 0.1) is 17.1 Å². The van der Waals surface area contributed by atoms with Gasteiger partial charge in [0, 0.05) is 21.2 Å². The van der Waals surface area contributed by atoms with Gasteiger partial charge < -0.3 is 5.73 Å². The number of benzene rings is 2. The normalized spacial score (nSPS) is 15.8. The third kappa shape index (κ3) is 3.05. The largest absolute Gasteiger partial charge is 0.368 e. The Bertz CT molecular complexity index is 1050. The molecule has 3 aromatic rings. The SMILES string of the molecule is Nc1nc(-c2ccc(Cl)cc2)cc(C2N=Nc3ccc(Cl)cc3C2=O)n1. The zero-order valence-corrected chi connectivity index (χ0v) is 14.7. The van der Waals surface area contributed by atoms with Crippen molar-refractivity contribution in [2.24, 2.45) is 10.2 Å². The van der Waals surface area contributed by atoms with Gasteiger partial charge in [0.1, 0.15) is 0 Å². The van der Waals surface area contributed by atoms with Crippen LogP contribution < -0.4 is 5.73 Å². The van der Waals surface area contributed by atoms with E-state index in [1.54, 1.807) is 36.4 Å². The smallest absolute Gasteiger partial charge is 0.220 e. The summed E-state index contributed by atoms with van der Waals surface area (Å²) in [4.78, 5) is 21.3. The van der Waals surface area contributed by atoms with Gasteiger partial charge in [0.15, 0.2) is 11.8 Å². The first-order chi connectivity index (χ1) is 12.5. The Hall–Kier alpha value is -2.83. The van der Waals surface area contributed by atoms with Gasteiger partial charge in [-0.1, -0.05) is 35.3 Å². The fourth-order valence-electron chi connectivity index (χ4n) is 2.70. The van der Waals surface area contributed by atoms with Gasteiger partial charge in [0.25, 0.3) is 0 Å². The molecule has 4 rings (SSSR count). The van der Waals surface area contributed by atoms with Crippen LogP contribution in [0.5, 0.6) is 0 Å². The van der Waals surface area contributed by atoms with Crippen LogP contribution in [0.2, 0.25) is 10.0 Å². The molecule has 8 heteroatoms. The number of nitrogens with zero attached hydrogens (tertiary/aromatic N) is 4. The van der Waals surface area contributed by atoms with E-state index >= 15 is 0 Å². The number of nitrogens with two attached hydrogens (primary N) is 1. The van der Waals surface area contributed by atoms with E-state index in [4.69, 9.17) is 28.9 Å². The number of anilines is 1. The van der Waals surface area contributed by atoms with E-state index in [0.29, 0.717) is 32.7 Å². The summed E-state index contributed by atoms with van der Waals surface area (Å²) in [6, 6.07) is 12.8. The van der Waals surface area contributed by atoms with Crippen molar-refractivity contribution in [2.45, 2.75) is 6.04 Å². The summed E-state index contributed by atoms with van der Waals surface area (Å²) in [5.74, 6) is -0.190. The zero-order valence-electron chi connectivity index (χ0n) is 13.2. The van der Waals surface area contributed by atoms with Crippen LogP contribution in [0.25, 0.3) is 11.3 Å². The Labute approximate surface area is 158 Å². The molecule has 0 radical (unpaired) electrons. The highest BCUT2D eigenvalue weighted by atomic mass is 35.5. The van der Waals surface area contributed by atoms with Gasteiger partial charge in [-0.25, -0.2) is 9.97 Å². The maximum Gasteiger partial charge on any atom is 0.220 e. The van der Waals surface area contributed by atoms with Crippen molar-refractivity contribution in [3.05, 3.63) is 69.8 Å². The molecule has 1 aliphatic heterocycles. The van der Waals surface area contributed by atoms with E-state index in [-0.39, 0.29) is 11.7 Å². The summed E-state index contributed by atoms with van der Waals surface area (Å²) < 4.78 is 0. The molecule has 26 heavy (non-hydrogen) atoms. The number of azo groups is 1. The molecule has 0 saturated heterocycles. The summed E-state index contributed by atoms with van der Waals surface area (Å²) in [6.45, 7) is 0. The van der Waals surface area contributed by atoms with Crippen molar-refractivity contribution >= 4 is 40.6 Å². The van der Waals surface area contributed by atoms with E-state index in [1.807, 2.05) is 12.1 Å². The number of aromatic nitrogens is 2. The Morgan fingerprint density at radius 1 is 0.923 bits per heavy atom. The summed E-state index contributed by atoms with van der Waals surface area (Å²) >= 11 is 11.9. The van der Waals surface area contributed by atoms with E-state index in [0.717, 1.165) is 5.56 Å². The molecule has 0 spiro atoms. The van der Waals surface area contributed by atoms with Gasteiger partial charge in [-0.2, -0.15) is 10.2 Å². The Balaban J connectivity index is 1.77. The molecule has 0 fully saturated rings. The van der Waals surface area contributed by atoms with Gasteiger partial charge >= 0.3 is 0 Å². The maximum absolute atomic E-state index is 12.8. The van der Waals surface area contributed by atoms with Crippen molar-refractivity contribution < 1.29 is 4.79 Å². The molecule has 1 aliphatic rings. The van der Waals surface area contributed by atoms with Crippen molar-refractivity contribution in [3.63, 3.8) is 0 Å². The molecular formula is C18H11Cl2N5O. The lowest BCUT2D eigenvalue weighted by Gasteiger charge is -2.17. The standard InChI is InChI=1S/C18H11Cl2N5O/c19-10-3-1-9(2-4-10)14-8-15(23-18(21)22-14)16-17(26)12-7-11(20)5-6-13(12)24-25-16/h1-8,16H,(H2,21,22,23). The number of hydrogen-bond acceptors (Lipinski definition) is 6. The molecule has 1 unspecified atom stereocenters. The summed E-state index contributed by atoms with van der Waals surface area (Å²) in [5.41, 5.74) is 8.48. The van der Waals surface area contributed by atoms with Gasteiger partial charge in [-0.15, -0.1) is 0 Å². The average molecular weight is 384 g/mol. The Morgan fingerprint density at radius 3 is 2.42 bits per heavy atom. The number of carbonyl (C=O) groups is 1. The first-order valence-electron chi connectivity index (χ1n) is 7.66. The number of fused-ring (bicyclic) bond motifs is 1. The molecule has 0 aliphatic carbocycles. The third-order valence-electron chi connectivity index (χ3n) is 3.94. The molecule has 2 heterocycles. The predicted molar refractivity (Wildman–Crippen MR) is 99.9 cm³/mol. The van der Waals surface area contributed by atoms with E-state index in [1.165, 1.54) is 0 Å². The summed E-state index contributed by atoms with van der Waals surface area (Å²) in [5, 5.41) is 9.29. The van der Waals surface area contributed by atoms with Crippen molar-refractivity contribution in [3.8, 4) is 11.3 Å². The van der Waals surface area contributed by atoms with Crippen LogP contribution in [0.4, 0.5) is 11.6 Å². The second-order valence-corrected chi connectivity index (χ2v) is 6.56. The summed E-state index contributed by atoms with van der Waals surface area (Å²) in [7, 11) is 0. The van der Waals surface area contributed by atoms with Crippen molar-refractivity contribution in [1.29, 1.82) is 0 Å². The number of rotatable bonds is 2. The first-order valence-corrected chi connectivity index (χ1v) is 8.42. The number of halogens is 2. The predicted octanol–water partition coefficient (Wildman–Crippen LogP) is 5.05. The highest BCUT2D eigenvalue weighted by Crippen LogP contribution is 2.35. The second kappa shape index (κ2) is 6.48. The number of Topliss-reactive ketones (excluding diaryl/α,β-unsaturated/α-hetero) is 1. The highest BCUT2D eigenvalue weighted by molar-refractivity contribution is 6.31. The Kier molecular flexibility index (Phi) is 4.14. The van der Waals surface area contributed by atoms with Crippen LogP contribution in [0.1, 0.15) is 22.1 Å². The van der Waals surface area contributed by atoms with Crippen LogP contribution in [-0.4, -0.2) is 15.8 Å². The molecule has 0 bridgehead atoms. The third-order valence-corrected chi connectivity index (χ3v) is 4.42. The van der Waals surface area contributed by atoms with Gasteiger partial charge in [0.2, 0.25) is 5.95 Å². The molecule has 2 N–H and O–H groups in total. The maximum atomic E-state index is 12.8. The van der Waals surface area contributed by atoms with Crippen LogP contribution in [0.15, 0.2) is 58.8 Å². The minimum Gasteiger partial charge on any atom is -0.368 e. The first kappa shape index (κ1) is 16.6. The lowest BCUT2D eigenvalue weighted by atomic mass is 9.98. The van der Waals surface area contributed by atoms with Gasteiger partial charge in [-0.05, 0) is 36.4 Å². The van der Waals surface area contributed by atoms with Crippen LogP contribution in [0.3, 0.4) is 0 Å². The quantitative estimate of drug-likeness (QED) is 0.669. The van der Waals surface area contributed by atoms with Crippen molar-refractivity contribution in [2.75, 3.05) is 5.73 Å². The zero-order chi connectivity index (χ0) is 18.3. The molecule has 2 aromatic carbocycles. The molecule has 6 nitrogen and oxygen atoms in total. The molecule has 0 saturated carbocycles.